The molecule has 1 aromatic heterocycles. The molecule has 0 radical (unpaired) electrons. The molecule has 0 aliphatic carbocycles. The number of carbonyl (C=O) groups excluding carboxylic acids is 5. The van der Waals surface area contributed by atoms with Gasteiger partial charge in [-0.1, -0.05) is 11.6 Å². The van der Waals surface area contributed by atoms with Crippen molar-refractivity contribution in [1.82, 2.24) is 4.57 Å². The van der Waals surface area contributed by atoms with Crippen LogP contribution in [0.1, 0.15) is 39.4 Å². The van der Waals surface area contributed by atoms with Crippen LogP contribution in [0.15, 0.2) is 22.8 Å². The minimum Gasteiger partial charge on any atom is -0.463 e. The van der Waals surface area contributed by atoms with E-state index in [0.29, 0.717) is 15.4 Å². The summed E-state index contributed by atoms with van der Waals surface area (Å²) in [6, 6.07) is 3.30. The van der Waals surface area contributed by atoms with Gasteiger partial charge in [0.25, 0.3) is 0 Å². The lowest BCUT2D eigenvalue weighted by molar-refractivity contribution is -0.288. The Labute approximate surface area is 230 Å². The van der Waals surface area contributed by atoms with Gasteiger partial charge in [0.05, 0.1) is 22.1 Å². The maximum atomic E-state index is 12.3. The summed E-state index contributed by atoms with van der Waals surface area (Å²) in [5, 5.41) is 0.562. The van der Waals surface area contributed by atoms with Crippen LogP contribution in [-0.2, 0) is 42.9 Å². The van der Waals surface area contributed by atoms with Crippen molar-refractivity contribution >= 4 is 68.2 Å². The van der Waals surface area contributed by atoms with Gasteiger partial charge in [0.2, 0.25) is 18.3 Å². The molecule has 1 aliphatic rings. The Balaban J connectivity index is 2.14. The Morgan fingerprint density at radius 2 is 1.47 bits per heavy atom. The van der Waals surface area contributed by atoms with Gasteiger partial charge in [0.15, 0.2) is 18.0 Å². The second-order valence-electron chi connectivity index (χ2n) is 8.32. The fraction of sp³-hybridized carbons (Fsp3) is 0.458. The van der Waals surface area contributed by atoms with Gasteiger partial charge < -0.3 is 28.4 Å². The highest BCUT2D eigenvalue weighted by Crippen LogP contribution is 2.40. The summed E-state index contributed by atoms with van der Waals surface area (Å²) in [5.74, 6) is -3.24. The fourth-order valence-corrected chi connectivity index (χ4v) is 4.57. The maximum absolute atomic E-state index is 12.3. The molecule has 1 aliphatic heterocycles. The van der Waals surface area contributed by atoms with E-state index < -0.39 is 61.2 Å². The number of halogens is 2. The minimum absolute atomic E-state index is 0.0717. The molecule has 2 aromatic rings. The number of nitrogens with zero attached hydrogens (tertiary/aromatic N) is 1. The normalized spacial score (nSPS) is 22.9. The highest BCUT2D eigenvalue weighted by molar-refractivity contribution is 9.10. The second-order valence-corrected chi connectivity index (χ2v) is 9.56. The second kappa shape index (κ2) is 12.1. The van der Waals surface area contributed by atoms with Crippen molar-refractivity contribution in [3.63, 3.8) is 0 Å². The molecule has 5 atom stereocenters. The SMILES string of the molecule is CC(=O)OC[C@H]1OC(Oc2cn(C(C)=O)c3ccc(Br)c(Cl)c23)[C@H](OC(C)=O)[C@@H](OC(C)=O)[C@@H]1OC(C)=O. The topological polar surface area (TPSA) is 146 Å². The van der Waals surface area contributed by atoms with Gasteiger partial charge in [-0.2, -0.15) is 0 Å². The average molecular weight is 619 g/mol. The van der Waals surface area contributed by atoms with Crippen molar-refractivity contribution < 1.29 is 52.4 Å². The molecule has 0 N–H and O–H groups in total. The van der Waals surface area contributed by atoms with Crippen molar-refractivity contribution in [2.24, 2.45) is 0 Å². The number of carbonyl (C=O) groups is 5. The molecule has 3 rings (SSSR count). The number of aromatic nitrogens is 1. The molecule has 0 saturated carbocycles. The molecular weight excluding hydrogens is 594 g/mol. The monoisotopic (exact) mass is 617 g/mol. The molecule has 1 saturated heterocycles. The first-order chi connectivity index (χ1) is 17.8. The van der Waals surface area contributed by atoms with Crippen LogP contribution in [0.3, 0.4) is 0 Å². The van der Waals surface area contributed by atoms with Crippen molar-refractivity contribution in [2.45, 2.75) is 65.3 Å². The summed E-state index contributed by atoms with van der Waals surface area (Å²) in [7, 11) is 0. The number of ether oxygens (including phenoxy) is 6. The molecule has 14 heteroatoms. The zero-order valence-electron chi connectivity index (χ0n) is 21.0. The quantitative estimate of drug-likeness (QED) is 0.333. The molecule has 1 unspecified atom stereocenters. The number of esters is 4. The third-order valence-corrected chi connectivity index (χ3v) is 6.64. The minimum atomic E-state index is -1.49. The van der Waals surface area contributed by atoms with Crippen LogP contribution in [0.25, 0.3) is 10.9 Å². The summed E-state index contributed by atoms with van der Waals surface area (Å²) in [6.45, 7) is 5.43. The number of benzene rings is 1. The van der Waals surface area contributed by atoms with Crippen LogP contribution >= 0.6 is 27.5 Å². The van der Waals surface area contributed by atoms with Crippen LogP contribution in [0, 0.1) is 0 Å². The zero-order valence-corrected chi connectivity index (χ0v) is 23.4. The van der Waals surface area contributed by atoms with Crippen LogP contribution < -0.4 is 4.74 Å². The molecule has 1 fully saturated rings. The summed E-state index contributed by atoms with van der Waals surface area (Å²) >= 11 is 9.86. The Kier molecular flexibility index (Phi) is 9.39. The highest BCUT2D eigenvalue weighted by atomic mass is 79.9. The molecule has 0 bridgehead atoms. The zero-order chi connectivity index (χ0) is 28.3. The van der Waals surface area contributed by atoms with Crippen LogP contribution in [0.4, 0.5) is 0 Å². The van der Waals surface area contributed by atoms with E-state index in [1.54, 1.807) is 12.1 Å². The molecule has 1 aromatic carbocycles. The summed E-state index contributed by atoms with van der Waals surface area (Å²) in [4.78, 5) is 59.8. The van der Waals surface area contributed by atoms with Gasteiger partial charge in [-0.3, -0.25) is 28.5 Å². The molecule has 12 nitrogen and oxygen atoms in total. The third-order valence-electron chi connectivity index (χ3n) is 5.36. The van der Waals surface area contributed by atoms with Gasteiger partial charge >= 0.3 is 23.9 Å². The summed E-state index contributed by atoms with van der Waals surface area (Å²) in [5.41, 5.74) is 0.423. The number of fused-ring (bicyclic) bond motifs is 1. The van der Waals surface area contributed by atoms with E-state index in [4.69, 9.17) is 40.0 Å². The van der Waals surface area contributed by atoms with Crippen molar-refractivity contribution in [3.05, 3.63) is 27.8 Å². The summed E-state index contributed by atoms with van der Waals surface area (Å²) < 4.78 is 35.1. The highest BCUT2D eigenvalue weighted by Gasteiger charge is 2.53. The van der Waals surface area contributed by atoms with E-state index >= 15 is 0 Å². The van der Waals surface area contributed by atoms with Crippen molar-refractivity contribution in [2.75, 3.05) is 6.61 Å². The van der Waals surface area contributed by atoms with Gasteiger partial charge in [0.1, 0.15) is 12.7 Å². The molecular formula is C24H25BrClNO11. The predicted molar refractivity (Wildman–Crippen MR) is 134 cm³/mol. The molecule has 0 amide bonds. The van der Waals surface area contributed by atoms with E-state index in [2.05, 4.69) is 15.9 Å². The van der Waals surface area contributed by atoms with Crippen molar-refractivity contribution in [1.29, 1.82) is 0 Å². The predicted octanol–water partition coefficient (Wildman–Crippen LogP) is 3.18. The largest absolute Gasteiger partial charge is 0.463 e. The smallest absolute Gasteiger partial charge is 0.303 e. The lowest BCUT2D eigenvalue weighted by atomic mass is 9.98. The Bertz CT molecular complexity index is 1280. The van der Waals surface area contributed by atoms with E-state index in [1.165, 1.54) is 24.6 Å². The van der Waals surface area contributed by atoms with Crippen LogP contribution in [-0.4, -0.2) is 71.7 Å². The standard InChI is InChI=1S/C24H25BrClNO11/c1-10(28)27-8-17(19-16(27)7-6-15(25)20(19)26)37-24-23(36-14(5)32)22(35-13(4)31)21(34-12(3)30)18(38-24)9-33-11(2)29/h6-8,18,21-24H,9H2,1-5H3/t18-,21-,22+,23-,24?/m1/s1. The van der Waals surface area contributed by atoms with E-state index in [1.807, 2.05) is 0 Å². The number of hydrogen-bond acceptors (Lipinski definition) is 11. The molecule has 206 valence electrons. The lowest BCUT2D eigenvalue weighted by Crippen LogP contribution is -2.63. The van der Waals surface area contributed by atoms with Gasteiger partial charge in [-0.15, -0.1) is 0 Å². The average Bonchev–Trinajstić information content (AvgIpc) is 3.17. The summed E-state index contributed by atoms with van der Waals surface area (Å²) in [6.07, 6.45) is -5.52. The third kappa shape index (κ3) is 6.63. The van der Waals surface area contributed by atoms with Gasteiger partial charge in [-0.05, 0) is 28.1 Å². The Morgan fingerprint density at radius 1 is 0.895 bits per heavy atom. The fourth-order valence-electron chi connectivity index (χ4n) is 3.99. The Hall–Kier alpha value is -3.16. The van der Waals surface area contributed by atoms with Gasteiger partial charge in [0, 0.05) is 39.1 Å². The molecule has 38 heavy (non-hydrogen) atoms. The number of hydrogen-bond donors (Lipinski definition) is 0. The first-order valence-corrected chi connectivity index (χ1v) is 12.4. The van der Waals surface area contributed by atoms with E-state index in [-0.39, 0.29) is 16.7 Å². The Morgan fingerprint density at radius 3 is 2.03 bits per heavy atom. The first-order valence-electron chi connectivity index (χ1n) is 11.3. The van der Waals surface area contributed by atoms with E-state index in [9.17, 15) is 24.0 Å². The van der Waals surface area contributed by atoms with Crippen LogP contribution in [0.2, 0.25) is 5.02 Å². The van der Waals surface area contributed by atoms with Gasteiger partial charge in [-0.25, -0.2) is 0 Å². The first kappa shape index (κ1) is 29.4. The van der Waals surface area contributed by atoms with E-state index in [0.717, 1.165) is 20.8 Å². The van der Waals surface area contributed by atoms with Crippen molar-refractivity contribution in [3.8, 4) is 5.75 Å². The molecule has 2 heterocycles. The van der Waals surface area contributed by atoms with Crippen LogP contribution in [0.5, 0.6) is 5.75 Å². The lowest BCUT2D eigenvalue weighted by Gasteiger charge is -2.43. The maximum Gasteiger partial charge on any atom is 0.303 e. The number of rotatable bonds is 7. The molecule has 0 spiro atoms.